The van der Waals surface area contributed by atoms with E-state index in [2.05, 4.69) is 78.1 Å². The molecule has 0 aliphatic rings. The molecule has 0 amide bonds. The predicted molar refractivity (Wildman–Crippen MR) is 82.9 cm³/mol. The first kappa shape index (κ1) is 13.3. The van der Waals surface area contributed by atoms with Crippen LogP contribution in [0, 0.1) is 0 Å². The normalized spacial score (nSPS) is 12.6. The molecule has 1 atom stereocenters. The summed E-state index contributed by atoms with van der Waals surface area (Å²) in [6.07, 6.45) is 0. The molecule has 0 bridgehead atoms. The minimum atomic E-state index is 0.239. The van der Waals surface area contributed by atoms with E-state index in [4.69, 9.17) is 0 Å². The van der Waals surface area contributed by atoms with Gasteiger partial charge in [0.2, 0.25) is 0 Å². The van der Waals surface area contributed by atoms with E-state index in [-0.39, 0.29) is 6.04 Å². The second kappa shape index (κ2) is 5.68. The molecule has 0 fully saturated rings. The van der Waals surface area contributed by atoms with Gasteiger partial charge in [-0.1, -0.05) is 53.2 Å². The van der Waals surface area contributed by atoms with Crippen molar-refractivity contribution < 1.29 is 0 Å². The van der Waals surface area contributed by atoms with Gasteiger partial charge in [0.15, 0.2) is 0 Å². The molecule has 18 heavy (non-hydrogen) atoms. The van der Waals surface area contributed by atoms with Gasteiger partial charge in [0, 0.05) is 4.47 Å². The van der Waals surface area contributed by atoms with Crippen molar-refractivity contribution in [3.8, 4) is 0 Å². The van der Waals surface area contributed by atoms with E-state index in [1.807, 2.05) is 0 Å². The van der Waals surface area contributed by atoms with E-state index in [0.717, 1.165) is 16.6 Å². The first-order valence-corrected chi connectivity index (χ1v) is 6.99. The average Bonchev–Trinajstić information content (AvgIpc) is 2.35. The van der Waals surface area contributed by atoms with Crippen LogP contribution in [0.3, 0.4) is 0 Å². The smallest absolute Gasteiger partial charge is 0.0530 e. The van der Waals surface area contributed by atoms with Crippen LogP contribution in [0.4, 0.5) is 0 Å². The standard InChI is InChI=1S/C16H18BrN/c1-4-18-16(11(2)3)14-6-5-13-10-15(17)8-7-12(13)9-14/h5-10,16,18H,2,4H2,1,3H3. The van der Waals surface area contributed by atoms with Gasteiger partial charge in [-0.15, -0.1) is 0 Å². The molecule has 1 N–H and O–H groups in total. The maximum absolute atomic E-state index is 4.07. The van der Waals surface area contributed by atoms with Crippen LogP contribution in [0.5, 0.6) is 0 Å². The highest BCUT2D eigenvalue weighted by atomic mass is 79.9. The van der Waals surface area contributed by atoms with Crippen LogP contribution < -0.4 is 5.32 Å². The highest BCUT2D eigenvalue weighted by molar-refractivity contribution is 9.10. The minimum absolute atomic E-state index is 0.239. The summed E-state index contributed by atoms with van der Waals surface area (Å²) in [4.78, 5) is 0. The molecule has 0 aliphatic carbocycles. The zero-order chi connectivity index (χ0) is 13.1. The number of halogens is 1. The highest BCUT2D eigenvalue weighted by Crippen LogP contribution is 2.26. The number of fused-ring (bicyclic) bond motifs is 1. The summed E-state index contributed by atoms with van der Waals surface area (Å²) in [5.41, 5.74) is 2.42. The van der Waals surface area contributed by atoms with E-state index in [1.54, 1.807) is 0 Å². The molecule has 2 rings (SSSR count). The maximum atomic E-state index is 4.07. The molecule has 1 unspecified atom stereocenters. The lowest BCUT2D eigenvalue weighted by Crippen LogP contribution is -2.21. The van der Waals surface area contributed by atoms with Gasteiger partial charge in [0.1, 0.15) is 0 Å². The molecule has 0 saturated carbocycles. The number of rotatable bonds is 4. The fourth-order valence-electron chi connectivity index (χ4n) is 2.20. The lowest BCUT2D eigenvalue weighted by atomic mass is 9.98. The molecule has 94 valence electrons. The minimum Gasteiger partial charge on any atom is -0.307 e. The third-order valence-corrected chi connectivity index (χ3v) is 3.55. The Bertz CT molecular complexity index is 574. The van der Waals surface area contributed by atoms with Crippen LogP contribution in [0.25, 0.3) is 10.8 Å². The van der Waals surface area contributed by atoms with E-state index in [0.29, 0.717) is 0 Å². The molecule has 0 radical (unpaired) electrons. The SMILES string of the molecule is C=C(C)C(NCC)c1ccc2cc(Br)ccc2c1. The van der Waals surface area contributed by atoms with Crippen molar-refractivity contribution in [2.75, 3.05) is 6.54 Å². The van der Waals surface area contributed by atoms with Gasteiger partial charge >= 0.3 is 0 Å². The van der Waals surface area contributed by atoms with Crippen molar-refractivity contribution >= 4 is 26.7 Å². The van der Waals surface area contributed by atoms with Crippen LogP contribution in [-0.4, -0.2) is 6.54 Å². The summed E-state index contributed by atoms with van der Waals surface area (Å²) in [5, 5.41) is 5.98. The van der Waals surface area contributed by atoms with Crippen LogP contribution in [-0.2, 0) is 0 Å². The lowest BCUT2D eigenvalue weighted by molar-refractivity contribution is 0.622. The van der Waals surface area contributed by atoms with Crippen LogP contribution >= 0.6 is 15.9 Å². The van der Waals surface area contributed by atoms with Crippen LogP contribution in [0.15, 0.2) is 53.0 Å². The fourth-order valence-corrected chi connectivity index (χ4v) is 2.57. The van der Waals surface area contributed by atoms with E-state index in [9.17, 15) is 0 Å². The third-order valence-electron chi connectivity index (χ3n) is 3.06. The Morgan fingerprint density at radius 2 is 1.89 bits per heavy atom. The summed E-state index contributed by atoms with van der Waals surface area (Å²) in [6, 6.07) is 13.2. The average molecular weight is 304 g/mol. The summed E-state index contributed by atoms with van der Waals surface area (Å²) >= 11 is 3.50. The Labute approximate surface area is 117 Å². The number of hydrogen-bond acceptors (Lipinski definition) is 1. The molecular weight excluding hydrogens is 286 g/mol. The number of likely N-dealkylation sites (N-methyl/N-ethyl adjacent to an activating group) is 1. The molecule has 0 saturated heterocycles. The number of nitrogens with one attached hydrogen (secondary N) is 1. The summed E-state index contributed by atoms with van der Waals surface area (Å²) < 4.78 is 1.12. The predicted octanol–water partition coefficient (Wildman–Crippen LogP) is 4.83. The topological polar surface area (TPSA) is 12.0 Å². The van der Waals surface area contributed by atoms with Crippen molar-refractivity contribution in [3.63, 3.8) is 0 Å². The van der Waals surface area contributed by atoms with E-state index in [1.165, 1.54) is 16.3 Å². The zero-order valence-corrected chi connectivity index (χ0v) is 12.4. The molecule has 0 aliphatic heterocycles. The van der Waals surface area contributed by atoms with Gasteiger partial charge in [0.25, 0.3) is 0 Å². The Kier molecular flexibility index (Phi) is 4.20. The first-order chi connectivity index (χ1) is 8.61. The van der Waals surface area contributed by atoms with Gasteiger partial charge in [-0.3, -0.25) is 0 Å². The Hall–Kier alpha value is -1.12. The van der Waals surface area contributed by atoms with E-state index >= 15 is 0 Å². The van der Waals surface area contributed by atoms with Crippen molar-refractivity contribution in [1.29, 1.82) is 0 Å². The molecule has 2 aromatic carbocycles. The molecule has 0 heterocycles. The quantitative estimate of drug-likeness (QED) is 0.798. The van der Waals surface area contributed by atoms with Crippen molar-refractivity contribution in [2.24, 2.45) is 0 Å². The Morgan fingerprint density at radius 1 is 1.22 bits per heavy atom. The largest absolute Gasteiger partial charge is 0.307 e. The number of hydrogen-bond donors (Lipinski definition) is 1. The molecule has 0 aromatic heterocycles. The van der Waals surface area contributed by atoms with Crippen LogP contribution in [0.2, 0.25) is 0 Å². The Morgan fingerprint density at radius 3 is 2.56 bits per heavy atom. The van der Waals surface area contributed by atoms with Crippen LogP contribution in [0.1, 0.15) is 25.5 Å². The van der Waals surface area contributed by atoms with Gasteiger partial charge in [-0.05, 0) is 48.0 Å². The molecule has 2 heteroatoms. The highest BCUT2D eigenvalue weighted by Gasteiger charge is 2.11. The third kappa shape index (κ3) is 2.82. The zero-order valence-electron chi connectivity index (χ0n) is 10.8. The van der Waals surface area contributed by atoms with Gasteiger partial charge in [-0.25, -0.2) is 0 Å². The maximum Gasteiger partial charge on any atom is 0.0530 e. The molecule has 0 spiro atoms. The fraction of sp³-hybridized carbons (Fsp3) is 0.250. The van der Waals surface area contributed by atoms with Gasteiger partial charge in [0.05, 0.1) is 6.04 Å². The molecule has 1 nitrogen and oxygen atoms in total. The van der Waals surface area contributed by atoms with Crippen molar-refractivity contribution in [3.05, 3.63) is 58.6 Å². The summed E-state index contributed by atoms with van der Waals surface area (Å²) in [5.74, 6) is 0. The summed E-state index contributed by atoms with van der Waals surface area (Å²) in [7, 11) is 0. The number of benzene rings is 2. The first-order valence-electron chi connectivity index (χ1n) is 6.20. The monoisotopic (exact) mass is 303 g/mol. The lowest BCUT2D eigenvalue weighted by Gasteiger charge is -2.19. The van der Waals surface area contributed by atoms with Crippen molar-refractivity contribution in [2.45, 2.75) is 19.9 Å². The second-order valence-electron chi connectivity index (χ2n) is 4.59. The molecular formula is C16H18BrN. The van der Waals surface area contributed by atoms with E-state index < -0.39 is 0 Å². The molecule has 2 aromatic rings. The second-order valence-corrected chi connectivity index (χ2v) is 5.50. The van der Waals surface area contributed by atoms with Crippen molar-refractivity contribution in [1.82, 2.24) is 5.32 Å². The summed E-state index contributed by atoms with van der Waals surface area (Å²) in [6.45, 7) is 9.20. The van der Waals surface area contributed by atoms with Gasteiger partial charge < -0.3 is 5.32 Å². The van der Waals surface area contributed by atoms with Gasteiger partial charge in [-0.2, -0.15) is 0 Å². The Balaban J connectivity index is 2.45.